The molecule has 126 valence electrons. The van der Waals surface area contributed by atoms with Crippen molar-refractivity contribution >= 4 is 23.5 Å². The molecule has 3 rings (SSSR count). The van der Waals surface area contributed by atoms with Crippen LogP contribution in [0.15, 0.2) is 35.1 Å². The van der Waals surface area contributed by atoms with Gasteiger partial charge < -0.3 is 14.8 Å². The van der Waals surface area contributed by atoms with Crippen molar-refractivity contribution in [2.45, 2.75) is 37.6 Å². The van der Waals surface area contributed by atoms with Crippen LogP contribution in [-0.2, 0) is 10.3 Å². The minimum atomic E-state index is -1.56. The van der Waals surface area contributed by atoms with E-state index in [0.717, 1.165) is 12.8 Å². The molecule has 1 aromatic heterocycles. The third kappa shape index (κ3) is 2.89. The lowest BCUT2D eigenvalue weighted by Crippen LogP contribution is -2.51. The van der Waals surface area contributed by atoms with Gasteiger partial charge in [-0.15, -0.1) is 0 Å². The number of nitrogens with zero attached hydrogens (tertiary/aromatic N) is 1. The van der Waals surface area contributed by atoms with Gasteiger partial charge >= 0.3 is 5.97 Å². The first-order valence-corrected chi connectivity index (χ1v) is 8.11. The van der Waals surface area contributed by atoms with E-state index in [1.165, 1.54) is 6.39 Å². The van der Waals surface area contributed by atoms with Gasteiger partial charge in [-0.05, 0) is 37.0 Å². The third-order valence-electron chi connectivity index (χ3n) is 4.32. The molecule has 1 aliphatic rings. The molecule has 1 aromatic carbocycles. The SMILES string of the molecule is CCC(NC(=O)c1ocnc1C1CC1)(C(=O)O)c1ccc(Cl)cc1. The molecule has 1 heterocycles. The zero-order valence-electron chi connectivity index (χ0n) is 13.1. The van der Waals surface area contributed by atoms with E-state index < -0.39 is 17.4 Å². The Morgan fingerprint density at radius 3 is 2.58 bits per heavy atom. The minimum Gasteiger partial charge on any atom is -0.479 e. The van der Waals surface area contributed by atoms with Crippen molar-refractivity contribution in [3.63, 3.8) is 0 Å². The molecule has 2 N–H and O–H groups in total. The van der Waals surface area contributed by atoms with Gasteiger partial charge in [0.05, 0.1) is 5.69 Å². The van der Waals surface area contributed by atoms with Gasteiger partial charge in [-0.1, -0.05) is 30.7 Å². The van der Waals surface area contributed by atoms with E-state index in [1.54, 1.807) is 31.2 Å². The normalized spacial score (nSPS) is 16.4. The van der Waals surface area contributed by atoms with Gasteiger partial charge in [-0.3, -0.25) is 4.79 Å². The summed E-state index contributed by atoms with van der Waals surface area (Å²) < 4.78 is 5.22. The highest BCUT2D eigenvalue weighted by atomic mass is 35.5. The second kappa shape index (κ2) is 6.28. The first-order valence-electron chi connectivity index (χ1n) is 7.73. The third-order valence-corrected chi connectivity index (χ3v) is 4.58. The zero-order chi connectivity index (χ0) is 17.3. The van der Waals surface area contributed by atoms with Gasteiger partial charge in [0.25, 0.3) is 5.91 Å². The van der Waals surface area contributed by atoms with Crippen molar-refractivity contribution in [3.8, 4) is 0 Å². The van der Waals surface area contributed by atoms with Crippen LogP contribution in [0.2, 0.25) is 5.02 Å². The highest BCUT2D eigenvalue weighted by molar-refractivity contribution is 6.30. The number of hydrogen-bond donors (Lipinski definition) is 2. The van der Waals surface area contributed by atoms with E-state index >= 15 is 0 Å². The lowest BCUT2D eigenvalue weighted by Gasteiger charge is -2.29. The van der Waals surface area contributed by atoms with Gasteiger partial charge in [0, 0.05) is 10.9 Å². The molecule has 7 heteroatoms. The smallest absolute Gasteiger partial charge is 0.334 e. The van der Waals surface area contributed by atoms with Crippen LogP contribution in [0.5, 0.6) is 0 Å². The van der Waals surface area contributed by atoms with Crippen LogP contribution in [0.25, 0.3) is 0 Å². The summed E-state index contributed by atoms with van der Waals surface area (Å²) in [5.41, 5.74) is -0.517. The number of aromatic nitrogens is 1. The first kappa shape index (κ1) is 16.5. The number of oxazole rings is 1. The second-order valence-corrected chi connectivity index (χ2v) is 6.30. The monoisotopic (exact) mass is 348 g/mol. The van der Waals surface area contributed by atoms with Crippen molar-refractivity contribution in [1.82, 2.24) is 10.3 Å². The molecule has 24 heavy (non-hydrogen) atoms. The van der Waals surface area contributed by atoms with Crippen LogP contribution in [-0.4, -0.2) is 22.0 Å². The Labute approximate surface area is 143 Å². The quantitative estimate of drug-likeness (QED) is 0.835. The molecule has 0 aliphatic heterocycles. The average Bonchev–Trinajstić information content (AvgIpc) is 3.29. The topological polar surface area (TPSA) is 92.4 Å². The Kier molecular flexibility index (Phi) is 4.32. The molecule has 1 amide bonds. The number of amides is 1. The summed E-state index contributed by atoms with van der Waals surface area (Å²) in [6.07, 6.45) is 3.31. The number of carboxylic acid groups (broad SMARTS) is 1. The number of carbonyl (C=O) groups excluding carboxylic acids is 1. The van der Waals surface area contributed by atoms with Gasteiger partial charge in [0.1, 0.15) is 0 Å². The van der Waals surface area contributed by atoms with E-state index in [1.807, 2.05) is 0 Å². The molecule has 1 saturated carbocycles. The summed E-state index contributed by atoms with van der Waals surface area (Å²) in [5, 5.41) is 12.9. The van der Waals surface area contributed by atoms with E-state index in [-0.39, 0.29) is 18.1 Å². The van der Waals surface area contributed by atoms with E-state index in [0.29, 0.717) is 16.3 Å². The maximum atomic E-state index is 12.6. The Bertz CT molecular complexity index is 767. The Morgan fingerprint density at radius 2 is 2.04 bits per heavy atom. The predicted octanol–water partition coefficient (Wildman–Crippen LogP) is 3.33. The minimum absolute atomic E-state index is 0.0885. The highest BCUT2D eigenvalue weighted by Crippen LogP contribution is 2.41. The van der Waals surface area contributed by atoms with Crippen LogP contribution in [0.4, 0.5) is 0 Å². The molecule has 1 unspecified atom stereocenters. The molecular weight excluding hydrogens is 332 g/mol. The summed E-state index contributed by atoms with van der Waals surface area (Å²) in [6.45, 7) is 1.70. The fraction of sp³-hybridized carbons (Fsp3) is 0.353. The van der Waals surface area contributed by atoms with Gasteiger partial charge in [-0.25, -0.2) is 9.78 Å². The van der Waals surface area contributed by atoms with E-state index in [4.69, 9.17) is 16.0 Å². The molecule has 0 spiro atoms. The molecule has 1 atom stereocenters. The van der Waals surface area contributed by atoms with Crippen LogP contribution in [0.1, 0.15) is 53.9 Å². The summed E-state index contributed by atoms with van der Waals surface area (Å²) in [5.74, 6) is -1.41. The number of carbonyl (C=O) groups is 2. The molecule has 0 bridgehead atoms. The zero-order valence-corrected chi connectivity index (χ0v) is 13.8. The molecule has 1 aliphatic carbocycles. The average molecular weight is 349 g/mol. The van der Waals surface area contributed by atoms with E-state index in [9.17, 15) is 14.7 Å². The number of halogens is 1. The van der Waals surface area contributed by atoms with Crippen LogP contribution < -0.4 is 5.32 Å². The van der Waals surface area contributed by atoms with E-state index in [2.05, 4.69) is 10.3 Å². The van der Waals surface area contributed by atoms with Crippen molar-refractivity contribution in [2.24, 2.45) is 0 Å². The molecule has 2 aromatic rings. The fourth-order valence-electron chi connectivity index (χ4n) is 2.75. The fourth-order valence-corrected chi connectivity index (χ4v) is 2.88. The Balaban J connectivity index is 1.94. The highest BCUT2D eigenvalue weighted by Gasteiger charge is 2.42. The maximum absolute atomic E-state index is 12.6. The Morgan fingerprint density at radius 1 is 1.38 bits per heavy atom. The summed E-state index contributed by atoms with van der Waals surface area (Å²) in [7, 11) is 0. The number of carboxylic acids is 1. The Hall–Kier alpha value is -2.34. The van der Waals surface area contributed by atoms with Gasteiger partial charge in [0.2, 0.25) is 5.76 Å². The molecule has 1 fully saturated rings. The molecule has 6 nitrogen and oxygen atoms in total. The summed E-state index contributed by atoms with van der Waals surface area (Å²) in [4.78, 5) is 28.7. The number of nitrogens with one attached hydrogen (secondary N) is 1. The maximum Gasteiger partial charge on any atom is 0.334 e. The van der Waals surface area contributed by atoms with Crippen LogP contribution in [0, 0.1) is 0 Å². The molecule has 0 radical (unpaired) electrons. The largest absolute Gasteiger partial charge is 0.479 e. The van der Waals surface area contributed by atoms with Crippen LogP contribution >= 0.6 is 11.6 Å². The summed E-state index contributed by atoms with van der Waals surface area (Å²) >= 11 is 5.88. The standard InChI is InChI=1S/C17H17ClN2O4/c1-2-17(16(22)23,11-5-7-12(18)8-6-11)20-15(21)14-13(10-3-4-10)19-9-24-14/h5-10H,2-4H2,1H3,(H,20,21)(H,22,23). The lowest BCUT2D eigenvalue weighted by molar-refractivity contribution is -0.145. The van der Waals surface area contributed by atoms with Crippen molar-refractivity contribution in [2.75, 3.05) is 0 Å². The molecular formula is C17H17ClN2O4. The molecule has 0 saturated heterocycles. The second-order valence-electron chi connectivity index (χ2n) is 5.87. The number of benzene rings is 1. The number of hydrogen-bond acceptors (Lipinski definition) is 4. The lowest BCUT2D eigenvalue weighted by atomic mass is 9.87. The van der Waals surface area contributed by atoms with Crippen molar-refractivity contribution < 1.29 is 19.1 Å². The number of rotatable bonds is 6. The predicted molar refractivity (Wildman–Crippen MR) is 87.0 cm³/mol. The number of aliphatic carboxylic acids is 1. The van der Waals surface area contributed by atoms with Crippen molar-refractivity contribution in [3.05, 3.63) is 52.7 Å². The van der Waals surface area contributed by atoms with Gasteiger partial charge in [-0.2, -0.15) is 0 Å². The summed E-state index contributed by atoms with van der Waals surface area (Å²) in [6, 6.07) is 6.39. The van der Waals surface area contributed by atoms with Gasteiger partial charge in [0.15, 0.2) is 11.9 Å². The van der Waals surface area contributed by atoms with Crippen LogP contribution in [0.3, 0.4) is 0 Å². The first-order chi connectivity index (χ1) is 11.5. The van der Waals surface area contributed by atoms with Crippen molar-refractivity contribution in [1.29, 1.82) is 0 Å².